The predicted octanol–water partition coefficient (Wildman–Crippen LogP) is 12.0. The van der Waals surface area contributed by atoms with Crippen molar-refractivity contribution >= 4 is 5.57 Å². The Hall–Kier alpha value is -2.60. The number of hydrogen-bond acceptors (Lipinski definition) is 0. The molecule has 0 spiro atoms. The first-order valence-corrected chi connectivity index (χ1v) is 16.3. The van der Waals surface area contributed by atoms with Crippen LogP contribution in [0.15, 0.2) is 89.1 Å². The number of unbranched alkanes of at least 4 members (excludes halogenated alkanes) is 1. The largest absolute Gasteiger partial charge is 0.0909 e. The SMILES string of the molecule is C=C(C(C)=CCC(C)=C(C)CCCCc1cccc(CC(C)=C2CCC2)c1)c1ccccc1CC1CCCCC1. The first kappa shape index (κ1) is 30.4. The summed E-state index contributed by atoms with van der Waals surface area (Å²) in [4.78, 5) is 0. The molecule has 2 aromatic rings. The first-order chi connectivity index (χ1) is 19.4. The summed E-state index contributed by atoms with van der Waals surface area (Å²) >= 11 is 0. The summed E-state index contributed by atoms with van der Waals surface area (Å²) in [6.07, 6.45) is 21.8. The van der Waals surface area contributed by atoms with Crippen molar-refractivity contribution in [3.8, 4) is 0 Å². The van der Waals surface area contributed by atoms with E-state index < -0.39 is 0 Å². The van der Waals surface area contributed by atoms with Gasteiger partial charge in [0, 0.05) is 0 Å². The second-order valence-electron chi connectivity index (χ2n) is 12.9. The smallest absolute Gasteiger partial charge is 0.00671 e. The third-order valence-electron chi connectivity index (χ3n) is 9.78. The molecule has 0 aromatic heterocycles. The van der Waals surface area contributed by atoms with Gasteiger partial charge in [-0.3, -0.25) is 0 Å². The summed E-state index contributed by atoms with van der Waals surface area (Å²) < 4.78 is 0. The zero-order chi connectivity index (χ0) is 28.3. The van der Waals surface area contributed by atoms with Crippen LogP contribution in [0.1, 0.15) is 127 Å². The fourth-order valence-corrected chi connectivity index (χ4v) is 6.55. The molecule has 2 aliphatic carbocycles. The van der Waals surface area contributed by atoms with Gasteiger partial charge in [-0.25, -0.2) is 0 Å². The van der Waals surface area contributed by atoms with E-state index in [9.17, 15) is 0 Å². The lowest BCUT2D eigenvalue weighted by molar-refractivity contribution is 0.356. The molecule has 0 amide bonds. The number of rotatable bonds is 13. The monoisotopic (exact) mass is 534 g/mol. The fraction of sp³-hybridized carbons (Fsp3) is 0.500. The highest BCUT2D eigenvalue weighted by Crippen LogP contribution is 2.32. The molecule has 214 valence electrons. The van der Waals surface area contributed by atoms with Crippen LogP contribution in [0.3, 0.4) is 0 Å². The maximum atomic E-state index is 4.54. The minimum absolute atomic E-state index is 0.850. The molecule has 0 N–H and O–H groups in total. The van der Waals surface area contributed by atoms with E-state index in [1.54, 1.807) is 16.7 Å². The molecule has 0 aliphatic heterocycles. The lowest BCUT2D eigenvalue weighted by Crippen LogP contribution is -2.10. The van der Waals surface area contributed by atoms with E-state index >= 15 is 0 Å². The van der Waals surface area contributed by atoms with Gasteiger partial charge in [0.2, 0.25) is 0 Å². The molecular formula is C40H54. The Kier molecular flexibility index (Phi) is 11.7. The summed E-state index contributed by atoms with van der Waals surface area (Å²) in [5.41, 5.74) is 14.8. The van der Waals surface area contributed by atoms with E-state index in [1.165, 1.54) is 122 Å². The molecule has 0 saturated heterocycles. The molecule has 0 heteroatoms. The van der Waals surface area contributed by atoms with Crippen LogP contribution in [0.2, 0.25) is 0 Å². The van der Waals surface area contributed by atoms with Gasteiger partial charge in [-0.1, -0.05) is 116 Å². The van der Waals surface area contributed by atoms with Gasteiger partial charge < -0.3 is 0 Å². The second kappa shape index (κ2) is 15.4. The third kappa shape index (κ3) is 8.95. The highest BCUT2D eigenvalue weighted by molar-refractivity contribution is 5.78. The normalized spacial score (nSPS) is 16.9. The first-order valence-electron chi connectivity index (χ1n) is 16.3. The summed E-state index contributed by atoms with van der Waals surface area (Å²) in [5.74, 6) is 0.850. The van der Waals surface area contributed by atoms with Crippen molar-refractivity contribution in [1.29, 1.82) is 0 Å². The van der Waals surface area contributed by atoms with Crippen molar-refractivity contribution in [2.24, 2.45) is 5.92 Å². The minimum Gasteiger partial charge on any atom is -0.0909 e. The molecule has 2 aromatic carbocycles. The van der Waals surface area contributed by atoms with Crippen LogP contribution in [0.25, 0.3) is 5.57 Å². The summed E-state index contributed by atoms with van der Waals surface area (Å²) in [6.45, 7) is 13.8. The molecule has 0 bridgehead atoms. The third-order valence-corrected chi connectivity index (χ3v) is 9.78. The van der Waals surface area contributed by atoms with E-state index in [-0.39, 0.29) is 0 Å². The molecule has 2 saturated carbocycles. The van der Waals surface area contributed by atoms with Crippen LogP contribution in [0.4, 0.5) is 0 Å². The van der Waals surface area contributed by atoms with Gasteiger partial charge >= 0.3 is 0 Å². The topological polar surface area (TPSA) is 0 Å². The Morgan fingerprint density at radius 3 is 2.33 bits per heavy atom. The van der Waals surface area contributed by atoms with Crippen molar-refractivity contribution in [3.63, 3.8) is 0 Å². The predicted molar refractivity (Wildman–Crippen MR) is 177 cm³/mol. The number of hydrogen-bond donors (Lipinski definition) is 0. The molecule has 2 aliphatic rings. The van der Waals surface area contributed by atoms with Crippen molar-refractivity contribution < 1.29 is 0 Å². The maximum Gasteiger partial charge on any atom is -0.00671 e. The van der Waals surface area contributed by atoms with Gasteiger partial charge in [0.15, 0.2) is 0 Å². The molecular weight excluding hydrogens is 480 g/mol. The van der Waals surface area contributed by atoms with Gasteiger partial charge in [0.05, 0.1) is 0 Å². The summed E-state index contributed by atoms with van der Waals surface area (Å²) in [5, 5.41) is 0. The van der Waals surface area contributed by atoms with Gasteiger partial charge in [-0.2, -0.15) is 0 Å². The quantitative estimate of drug-likeness (QED) is 0.136. The lowest BCUT2D eigenvalue weighted by atomic mass is 9.82. The molecule has 4 rings (SSSR count). The van der Waals surface area contributed by atoms with Crippen molar-refractivity contribution in [1.82, 2.24) is 0 Å². The van der Waals surface area contributed by atoms with Crippen LogP contribution < -0.4 is 0 Å². The van der Waals surface area contributed by atoms with E-state index in [0.717, 1.165) is 18.8 Å². The zero-order valence-electron chi connectivity index (χ0n) is 26.1. The average Bonchev–Trinajstić information content (AvgIpc) is 2.93. The number of allylic oxidation sites excluding steroid dienone is 7. The Bertz CT molecular complexity index is 1220. The standard InChI is InChI=1S/C40H54/c1-30(15-9-10-18-35-19-13-20-37(28-35)27-33(4)38-22-14-23-38)31(2)25-26-32(3)34(5)40-24-12-11-21-39(40)29-36-16-7-6-8-17-36/h11-13,19-21,24,26,28,36H,5-10,14-18,22-23,25,27,29H2,1-4H3. The maximum absolute atomic E-state index is 4.54. The number of benzene rings is 2. The molecule has 40 heavy (non-hydrogen) atoms. The van der Waals surface area contributed by atoms with Crippen LogP contribution in [-0.4, -0.2) is 0 Å². The lowest BCUT2D eigenvalue weighted by Gasteiger charge is -2.23. The molecule has 0 atom stereocenters. The Morgan fingerprint density at radius 2 is 1.57 bits per heavy atom. The molecule has 0 heterocycles. The molecule has 2 fully saturated rings. The van der Waals surface area contributed by atoms with Crippen molar-refractivity contribution in [3.05, 3.63) is 111 Å². The Morgan fingerprint density at radius 1 is 0.825 bits per heavy atom. The second-order valence-corrected chi connectivity index (χ2v) is 12.9. The van der Waals surface area contributed by atoms with Gasteiger partial charge in [0.1, 0.15) is 0 Å². The average molecular weight is 535 g/mol. The minimum atomic E-state index is 0.850. The summed E-state index contributed by atoms with van der Waals surface area (Å²) in [6, 6.07) is 18.3. The van der Waals surface area contributed by atoms with Crippen molar-refractivity contribution in [2.45, 2.75) is 124 Å². The zero-order valence-corrected chi connectivity index (χ0v) is 26.1. The van der Waals surface area contributed by atoms with Crippen LogP contribution in [-0.2, 0) is 19.3 Å². The van der Waals surface area contributed by atoms with E-state index in [2.05, 4.69) is 88.9 Å². The van der Waals surface area contributed by atoms with Crippen LogP contribution in [0.5, 0.6) is 0 Å². The Balaban J connectivity index is 1.25. The molecule has 0 radical (unpaired) electrons. The highest BCUT2D eigenvalue weighted by Gasteiger charge is 2.17. The fourth-order valence-electron chi connectivity index (χ4n) is 6.55. The Labute approximate surface area is 246 Å². The van der Waals surface area contributed by atoms with Gasteiger partial charge in [0.25, 0.3) is 0 Å². The highest BCUT2D eigenvalue weighted by atomic mass is 14.2. The van der Waals surface area contributed by atoms with Gasteiger partial charge in [-0.05, 0) is 131 Å². The van der Waals surface area contributed by atoms with Crippen LogP contribution in [0, 0.1) is 5.92 Å². The van der Waals surface area contributed by atoms with Crippen molar-refractivity contribution in [2.75, 3.05) is 0 Å². The summed E-state index contributed by atoms with van der Waals surface area (Å²) in [7, 11) is 0. The van der Waals surface area contributed by atoms with Gasteiger partial charge in [-0.15, -0.1) is 0 Å². The van der Waals surface area contributed by atoms with E-state index in [0.29, 0.717) is 0 Å². The van der Waals surface area contributed by atoms with Crippen LogP contribution >= 0.6 is 0 Å². The molecule has 0 nitrogen and oxygen atoms in total. The number of aryl methyl sites for hydroxylation is 1. The van der Waals surface area contributed by atoms with E-state index in [4.69, 9.17) is 0 Å². The molecule has 0 unspecified atom stereocenters. The van der Waals surface area contributed by atoms with E-state index in [1.807, 2.05) is 0 Å².